The lowest BCUT2D eigenvalue weighted by Crippen LogP contribution is -2.17. The zero-order valence-electron chi connectivity index (χ0n) is 11.6. The molecule has 0 fully saturated rings. The lowest BCUT2D eigenvalue weighted by molar-refractivity contribution is 0.111. The molecule has 1 N–H and O–H groups in total. The van der Waals surface area contributed by atoms with Crippen LogP contribution < -0.4 is 0 Å². The molecule has 0 aromatic heterocycles. The van der Waals surface area contributed by atoms with Crippen LogP contribution in [0, 0.1) is 0 Å². The average molecular weight is 234 g/mol. The predicted octanol–water partition coefficient (Wildman–Crippen LogP) is 3.80. The van der Waals surface area contributed by atoms with E-state index >= 15 is 0 Å². The van der Waals surface area contributed by atoms with Gasteiger partial charge in [0.25, 0.3) is 0 Å². The highest BCUT2D eigenvalue weighted by atomic mass is 16.3. The van der Waals surface area contributed by atoms with Crippen molar-refractivity contribution < 1.29 is 9.90 Å². The van der Waals surface area contributed by atoms with Gasteiger partial charge in [0.15, 0.2) is 6.29 Å². The molecule has 0 saturated carbocycles. The van der Waals surface area contributed by atoms with E-state index in [1.165, 1.54) is 0 Å². The number of carbonyl (C=O) groups excluding carboxylic acids is 1. The summed E-state index contributed by atoms with van der Waals surface area (Å²) in [6.45, 7) is 12.2. The van der Waals surface area contributed by atoms with E-state index in [9.17, 15) is 9.90 Å². The molecule has 0 amide bonds. The van der Waals surface area contributed by atoms with Crippen LogP contribution in [0.15, 0.2) is 12.1 Å². The van der Waals surface area contributed by atoms with Crippen LogP contribution in [0.4, 0.5) is 0 Å². The van der Waals surface area contributed by atoms with E-state index in [1.54, 1.807) is 0 Å². The second-order valence-electron chi connectivity index (χ2n) is 6.54. The molecule has 0 saturated heterocycles. The van der Waals surface area contributed by atoms with E-state index < -0.39 is 0 Å². The fourth-order valence-corrected chi connectivity index (χ4v) is 1.99. The number of aromatic hydroxyl groups is 1. The van der Waals surface area contributed by atoms with Crippen LogP contribution in [0.2, 0.25) is 0 Å². The third-order valence-corrected chi connectivity index (χ3v) is 2.95. The van der Waals surface area contributed by atoms with E-state index in [4.69, 9.17) is 0 Å². The van der Waals surface area contributed by atoms with Gasteiger partial charge in [-0.05, 0) is 22.0 Å². The Balaban J connectivity index is 3.54. The molecule has 0 unspecified atom stereocenters. The highest BCUT2D eigenvalue weighted by Crippen LogP contribution is 2.37. The topological polar surface area (TPSA) is 37.3 Å². The van der Waals surface area contributed by atoms with Gasteiger partial charge in [-0.3, -0.25) is 4.79 Å². The van der Waals surface area contributed by atoms with E-state index in [0.717, 1.165) is 17.4 Å². The molecule has 2 nitrogen and oxygen atoms in total. The monoisotopic (exact) mass is 234 g/mol. The van der Waals surface area contributed by atoms with Crippen LogP contribution in [0.3, 0.4) is 0 Å². The van der Waals surface area contributed by atoms with Crippen molar-refractivity contribution in [1.29, 1.82) is 0 Å². The minimum Gasteiger partial charge on any atom is -0.507 e. The Morgan fingerprint density at radius 1 is 0.941 bits per heavy atom. The number of rotatable bonds is 1. The summed E-state index contributed by atoms with van der Waals surface area (Å²) in [5.74, 6) is 0.125. The Kier molecular flexibility index (Phi) is 3.37. The maximum Gasteiger partial charge on any atom is 0.154 e. The van der Waals surface area contributed by atoms with Crippen molar-refractivity contribution in [2.24, 2.45) is 0 Å². The molecule has 1 aromatic carbocycles. The smallest absolute Gasteiger partial charge is 0.154 e. The highest BCUT2D eigenvalue weighted by Gasteiger charge is 2.25. The van der Waals surface area contributed by atoms with Crippen LogP contribution in [0.5, 0.6) is 5.75 Å². The van der Waals surface area contributed by atoms with Crippen molar-refractivity contribution in [1.82, 2.24) is 0 Å². The van der Waals surface area contributed by atoms with Gasteiger partial charge in [0.05, 0.1) is 5.56 Å². The van der Waals surface area contributed by atoms with Crippen LogP contribution in [0.1, 0.15) is 63.0 Å². The lowest BCUT2D eigenvalue weighted by atomic mass is 9.79. The molecule has 0 aliphatic rings. The second kappa shape index (κ2) is 4.17. The van der Waals surface area contributed by atoms with E-state index in [-0.39, 0.29) is 16.6 Å². The fraction of sp³-hybridized carbons (Fsp3) is 0.533. The van der Waals surface area contributed by atoms with Gasteiger partial charge in [0, 0.05) is 0 Å². The molecular formula is C15H22O2. The molecule has 94 valence electrons. The Morgan fingerprint density at radius 3 is 1.71 bits per heavy atom. The Bertz CT molecular complexity index is 431. The zero-order valence-corrected chi connectivity index (χ0v) is 11.6. The maximum atomic E-state index is 11.2. The first kappa shape index (κ1) is 13.8. The highest BCUT2D eigenvalue weighted by molar-refractivity contribution is 5.83. The number of carbonyl (C=O) groups is 1. The average Bonchev–Trinajstić information content (AvgIpc) is 2.13. The van der Waals surface area contributed by atoms with Gasteiger partial charge in [-0.1, -0.05) is 53.7 Å². The van der Waals surface area contributed by atoms with Crippen molar-refractivity contribution in [2.45, 2.75) is 52.4 Å². The number of phenolic OH excluding ortho intramolecular Hbond substituents is 1. The summed E-state index contributed by atoms with van der Waals surface area (Å²) in [4.78, 5) is 11.2. The first-order chi connectivity index (χ1) is 7.59. The van der Waals surface area contributed by atoms with Gasteiger partial charge < -0.3 is 5.11 Å². The quantitative estimate of drug-likeness (QED) is 0.750. The zero-order chi connectivity index (χ0) is 13.4. The molecule has 0 bridgehead atoms. The largest absolute Gasteiger partial charge is 0.507 e. The number of phenols is 1. The maximum absolute atomic E-state index is 11.2. The molecular weight excluding hydrogens is 212 g/mol. The van der Waals surface area contributed by atoms with Gasteiger partial charge in [0.1, 0.15) is 5.75 Å². The summed E-state index contributed by atoms with van der Waals surface area (Å²) in [5, 5.41) is 10.2. The first-order valence-corrected chi connectivity index (χ1v) is 5.91. The molecule has 0 radical (unpaired) electrons. The number of hydrogen-bond donors (Lipinski definition) is 1. The molecule has 0 spiro atoms. The minimum atomic E-state index is -0.168. The van der Waals surface area contributed by atoms with Crippen molar-refractivity contribution in [3.8, 4) is 5.75 Å². The fourth-order valence-electron chi connectivity index (χ4n) is 1.99. The van der Waals surface area contributed by atoms with Crippen molar-refractivity contribution in [3.63, 3.8) is 0 Å². The summed E-state index contributed by atoms with van der Waals surface area (Å²) in [6, 6.07) is 3.87. The van der Waals surface area contributed by atoms with Crippen molar-refractivity contribution in [2.75, 3.05) is 0 Å². The summed E-state index contributed by atoms with van der Waals surface area (Å²) in [6.07, 6.45) is 0.755. The molecule has 0 atom stereocenters. The van der Waals surface area contributed by atoms with Crippen LogP contribution >= 0.6 is 0 Å². The molecule has 0 heterocycles. The number of benzene rings is 1. The number of aldehydes is 1. The summed E-state index contributed by atoms with van der Waals surface area (Å²) >= 11 is 0. The van der Waals surface area contributed by atoms with E-state index in [1.807, 2.05) is 53.7 Å². The van der Waals surface area contributed by atoms with Crippen molar-refractivity contribution >= 4 is 6.29 Å². The third kappa shape index (κ3) is 2.68. The van der Waals surface area contributed by atoms with Gasteiger partial charge >= 0.3 is 0 Å². The molecule has 1 aromatic rings. The molecule has 0 aliphatic carbocycles. The van der Waals surface area contributed by atoms with E-state index in [2.05, 4.69) is 0 Å². The van der Waals surface area contributed by atoms with Gasteiger partial charge in [0.2, 0.25) is 0 Å². The first-order valence-electron chi connectivity index (χ1n) is 5.91. The summed E-state index contributed by atoms with van der Waals surface area (Å²) in [7, 11) is 0. The SMILES string of the molecule is CC(C)(C)c1ccc(C(C)(C)C)c(C=O)c1O. The van der Waals surface area contributed by atoms with E-state index in [0.29, 0.717) is 5.56 Å². The van der Waals surface area contributed by atoms with Crippen molar-refractivity contribution in [3.05, 3.63) is 28.8 Å². The molecule has 1 rings (SSSR count). The molecule has 17 heavy (non-hydrogen) atoms. The molecule has 0 aliphatic heterocycles. The normalized spacial score (nSPS) is 12.6. The standard InChI is InChI=1S/C15H22O2/c1-14(2,3)11-7-8-12(15(4,5)6)13(17)10(11)9-16/h7-9,17H,1-6H3. The van der Waals surface area contributed by atoms with Gasteiger partial charge in [-0.15, -0.1) is 0 Å². The minimum absolute atomic E-state index is 0.125. The summed E-state index contributed by atoms with van der Waals surface area (Å²) < 4.78 is 0. The Hall–Kier alpha value is -1.31. The van der Waals surface area contributed by atoms with Crippen LogP contribution in [-0.2, 0) is 10.8 Å². The Labute approximate surface area is 104 Å². The third-order valence-electron chi connectivity index (χ3n) is 2.95. The Morgan fingerprint density at radius 2 is 1.35 bits per heavy atom. The van der Waals surface area contributed by atoms with Gasteiger partial charge in [-0.25, -0.2) is 0 Å². The van der Waals surface area contributed by atoms with Gasteiger partial charge in [-0.2, -0.15) is 0 Å². The van der Waals surface area contributed by atoms with Crippen LogP contribution in [-0.4, -0.2) is 11.4 Å². The van der Waals surface area contributed by atoms with Crippen LogP contribution in [0.25, 0.3) is 0 Å². The second-order valence-corrected chi connectivity index (χ2v) is 6.54. The summed E-state index contributed by atoms with van der Waals surface area (Å²) in [5.41, 5.74) is 1.80. The molecule has 2 heteroatoms. The lowest BCUT2D eigenvalue weighted by Gasteiger charge is -2.26. The predicted molar refractivity (Wildman–Crippen MR) is 70.9 cm³/mol. The number of hydrogen-bond acceptors (Lipinski definition) is 2.